The summed E-state index contributed by atoms with van der Waals surface area (Å²) in [5.41, 5.74) is 10.1. The molecular formula is C14H19NO2. The van der Waals surface area contributed by atoms with Crippen LogP contribution in [0.15, 0.2) is 6.07 Å². The molecule has 1 saturated carbocycles. The third kappa shape index (κ3) is 1.38. The Morgan fingerprint density at radius 2 is 2.00 bits per heavy atom. The van der Waals surface area contributed by atoms with Gasteiger partial charge < -0.3 is 15.2 Å². The number of benzene rings is 1. The van der Waals surface area contributed by atoms with E-state index in [1.165, 1.54) is 36.0 Å². The molecular weight excluding hydrogens is 214 g/mol. The van der Waals surface area contributed by atoms with Crippen molar-refractivity contribution in [1.82, 2.24) is 0 Å². The van der Waals surface area contributed by atoms with Crippen LogP contribution in [0.25, 0.3) is 0 Å². The Kier molecular flexibility index (Phi) is 2.33. The van der Waals surface area contributed by atoms with Crippen LogP contribution < -0.4 is 15.2 Å². The molecule has 1 aromatic rings. The summed E-state index contributed by atoms with van der Waals surface area (Å²) in [6, 6.07) is 2.15. The zero-order chi connectivity index (χ0) is 12.0. The van der Waals surface area contributed by atoms with Gasteiger partial charge in [0.25, 0.3) is 0 Å². The highest BCUT2D eigenvalue weighted by Crippen LogP contribution is 2.49. The number of rotatable bonds is 2. The largest absolute Gasteiger partial charge is 0.454 e. The molecule has 3 rings (SSSR count). The number of nitrogens with two attached hydrogens (primary N) is 1. The fourth-order valence-electron chi connectivity index (χ4n) is 3.04. The number of hydrogen-bond donors (Lipinski definition) is 1. The van der Waals surface area contributed by atoms with Crippen LogP contribution in [0.2, 0.25) is 0 Å². The molecule has 1 aliphatic carbocycles. The van der Waals surface area contributed by atoms with Crippen LogP contribution in [0.1, 0.15) is 36.0 Å². The topological polar surface area (TPSA) is 44.5 Å². The summed E-state index contributed by atoms with van der Waals surface area (Å²) in [7, 11) is 0. The van der Waals surface area contributed by atoms with Crippen molar-refractivity contribution in [3.05, 3.63) is 22.8 Å². The molecule has 3 nitrogen and oxygen atoms in total. The van der Waals surface area contributed by atoms with Crippen molar-refractivity contribution in [2.75, 3.05) is 13.3 Å². The summed E-state index contributed by atoms with van der Waals surface area (Å²) in [6.45, 7) is 5.35. The molecule has 0 aromatic heterocycles. The van der Waals surface area contributed by atoms with E-state index in [4.69, 9.17) is 15.2 Å². The quantitative estimate of drug-likeness (QED) is 0.853. The van der Waals surface area contributed by atoms with Crippen LogP contribution in [-0.2, 0) is 5.41 Å². The second-order valence-electron chi connectivity index (χ2n) is 5.25. The Bertz CT molecular complexity index is 458. The van der Waals surface area contributed by atoms with E-state index in [2.05, 4.69) is 19.9 Å². The lowest BCUT2D eigenvalue weighted by Gasteiger charge is -2.42. The molecule has 92 valence electrons. The van der Waals surface area contributed by atoms with Crippen LogP contribution in [0.5, 0.6) is 11.5 Å². The van der Waals surface area contributed by atoms with Crippen LogP contribution in [0.3, 0.4) is 0 Å². The highest BCUT2D eigenvalue weighted by atomic mass is 16.7. The van der Waals surface area contributed by atoms with Gasteiger partial charge in [-0.05, 0) is 49.4 Å². The minimum absolute atomic E-state index is 0.190. The second-order valence-corrected chi connectivity index (χ2v) is 5.25. The van der Waals surface area contributed by atoms with Crippen molar-refractivity contribution >= 4 is 0 Å². The lowest BCUT2D eigenvalue weighted by molar-refractivity contribution is 0.173. The summed E-state index contributed by atoms with van der Waals surface area (Å²) < 4.78 is 11.0. The lowest BCUT2D eigenvalue weighted by atomic mass is 9.63. The van der Waals surface area contributed by atoms with Gasteiger partial charge in [-0.2, -0.15) is 0 Å². The van der Waals surface area contributed by atoms with Crippen molar-refractivity contribution < 1.29 is 9.47 Å². The molecule has 1 aliphatic heterocycles. The maximum Gasteiger partial charge on any atom is 0.231 e. The van der Waals surface area contributed by atoms with Crippen molar-refractivity contribution in [1.29, 1.82) is 0 Å². The average Bonchev–Trinajstić information content (AvgIpc) is 2.72. The summed E-state index contributed by atoms with van der Waals surface area (Å²) in [4.78, 5) is 0. The molecule has 17 heavy (non-hydrogen) atoms. The molecule has 2 aliphatic rings. The average molecular weight is 233 g/mol. The molecule has 0 spiro atoms. The maximum atomic E-state index is 5.99. The van der Waals surface area contributed by atoms with Gasteiger partial charge in [-0.3, -0.25) is 0 Å². The zero-order valence-corrected chi connectivity index (χ0v) is 10.5. The van der Waals surface area contributed by atoms with Gasteiger partial charge in [-0.25, -0.2) is 0 Å². The molecule has 0 amide bonds. The van der Waals surface area contributed by atoms with E-state index in [1.807, 2.05) is 0 Å². The molecule has 0 bridgehead atoms. The highest BCUT2D eigenvalue weighted by molar-refractivity contribution is 5.57. The van der Waals surface area contributed by atoms with E-state index in [0.717, 1.165) is 18.0 Å². The first-order valence-corrected chi connectivity index (χ1v) is 6.28. The van der Waals surface area contributed by atoms with E-state index >= 15 is 0 Å². The third-order valence-corrected chi connectivity index (χ3v) is 4.50. The second kappa shape index (κ2) is 3.64. The standard InChI is InChI=1S/C14H19NO2/c1-9-10(2)13-12(16-8-17-13)6-11(9)14(7-15)4-3-5-14/h6H,3-5,7-8,15H2,1-2H3. The smallest absolute Gasteiger partial charge is 0.231 e. The molecule has 0 radical (unpaired) electrons. The van der Waals surface area contributed by atoms with Crippen molar-refractivity contribution in [2.24, 2.45) is 5.73 Å². The van der Waals surface area contributed by atoms with E-state index < -0.39 is 0 Å². The van der Waals surface area contributed by atoms with Gasteiger partial charge in [0.1, 0.15) is 0 Å². The van der Waals surface area contributed by atoms with Gasteiger partial charge >= 0.3 is 0 Å². The SMILES string of the molecule is Cc1c(C2(CN)CCC2)cc2c(c1C)OCO2. The Hall–Kier alpha value is -1.22. The molecule has 0 atom stereocenters. The molecule has 1 heterocycles. The zero-order valence-electron chi connectivity index (χ0n) is 10.5. The van der Waals surface area contributed by atoms with Gasteiger partial charge in [-0.15, -0.1) is 0 Å². The molecule has 0 unspecified atom stereocenters. The van der Waals surface area contributed by atoms with Crippen molar-refractivity contribution in [2.45, 2.75) is 38.5 Å². The number of fused-ring (bicyclic) bond motifs is 1. The van der Waals surface area contributed by atoms with Gasteiger partial charge in [0.05, 0.1) is 0 Å². The van der Waals surface area contributed by atoms with Crippen LogP contribution in [0.4, 0.5) is 0 Å². The first-order valence-electron chi connectivity index (χ1n) is 6.28. The van der Waals surface area contributed by atoms with Crippen LogP contribution in [-0.4, -0.2) is 13.3 Å². The summed E-state index contributed by atoms with van der Waals surface area (Å²) in [5.74, 6) is 1.81. The fraction of sp³-hybridized carbons (Fsp3) is 0.571. The maximum absolute atomic E-state index is 5.99. The van der Waals surface area contributed by atoms with Gasteiger partial charge in [0, 0.05) is 12.0 Å². The molecule has 2 N–H and O–H groups in total. The Labute approximate surface area is 102 Å². The number of hydrogen-bond acceptors (Lipinski definition) is 3. The van der Waals surface area contributed by atoms with E-state index in [1.54, 1.807) is 0 Å². The molecule has 3 heteroatoms. The monoisotopic (exact) mass is 233 g/mol. The van der Waals surface area contributed by atoms with E-state index in [9.17, 15) is 0 Å². The van der Waals surface area contributed by atoms with Crippen molar-refractivity contribution in [3.8, 4) is 11.5 Å². The summed E-state index contributed by atoms with van der Waals surface area (Å²) in [5, 5.41) is 0. The molecule has 1 aromatic carbocycles. The molecule has 1 fully saturated rings. The predicted octanol–water partition coefficient (Wildman–Crippen LogP) is 2.41. The first kappa shape index (κ1) is 10.9. The summed E-state index contributed by atoms with van der Waals surface area (Å²) in [6.07, 6.45) is 3.68. The normalized spacial score (nSPS) is 20.2. The van der Waals surface area contributed by atoms with Crippen LogP contribution >= 0.6 is 0 Å². The fourth-order valence-corrected chi connectivity index (χ4v) is 3.04. The minimum atomic E-state index is 0.190. The Morgan fingerprint density at radius 1 is 1.24 bits per heavy atom. The van der Waals surface area contributed by atoms with Gasteiger partial charge in [-0.1, -0.05) is 6.42 Å². The summed E-state index contributed by atoms with van der Waals surface area (Å²) >= 11 is 0. The Morgan fingerprint density at radius 3 is 2.59 bits per heavy atom. The first-order chi connectivity index (χ1) is 8.18. The van der Waals surface area contributed by atoms with Gasteiger partial charge in [0.15, 0.2) is 11.5 Å². The highest BCUT2D eigenvalue weighted by Gasteiger charge is 2.40. The predicted molar refractivity (Wildman–Crippen MR) is 66.6 cm³/mol. The third-order valence-electron chi connectivity index (χ3n) is 4.50. The van der Waals surface area contributed by atoms with Crippen LogP contribution in [0, 0.1) is 13.8 Å². The van der Waals surface area contributed by atoms with E-state index in [0.29, 0.717) is 6.79 Å². The minimum Gasteiger partial charge on any atom is -0.454 e. The molecule has 0 saturated heterocycles. The van der Waals surface area contributed by atoms with E-state index in [-0.39, 0.29) is 5.41 Å². The number of ether oxygens (including phenoxy) is 2. The van der Waals surface area contributed by atoms with Gasteiger partial charge in [0.2, 0.25) is 6.79 Å². The Balaban J connectivity index is 2.14. The lowest BCUT2D eigenvalue weighted by Crippen LogP contribution is -2.42. The van der Waals surface area contributed by atoms with Crippen molar-refractivity contribution in [3.63, 3.8) is 0 Å².